The lowest BCUT2D eigenvalue weighted by Crippen LogP contribution is -2.42. The first-order valence-electron chi connectivity index (χ1n) is 7.15. The van der Waals surface area contributed by atoms with Gasteiger partial charge in [-0.25, -0.2) is 0 Å². The van der Waals surface area contributed by atoms with Crippen LogP contribution >= 0.6 is 11.8 Å². The number of benzene rings is 1. The number of amides is 3. The van der Waals surface area contributed by atoms with Crippen molar-refractivity contribution >= 4 is 34.8 Å². The van der Waals surface area contributed by atoms with Gasteiger partial charge in [0, 0.05) is 4.90 Å². The maximum Gasteiger partial charge on any atom is 0.325 e. The Morgan fingerprint density at radius 2 is 1.92 bits per heavy atom. The molecule has 1 aromatic rings. The summed E-state index contributed by atoms with van der Waals surface area (Å²) < 4.78 is 4.70. The van der Waals surface area contributed by atoms with E-state index < -0.39 is 29.1 Å². The number of esters is 1. The molecule has 0 saturated carbocycles. The van der Waals surface area contributed by atoms with E-state index in [-0.39, 0.29) is 18.7 Å². The molecule has 0 fully saturated rings. The second kappa shape index (κ2) is 9.56. The predicted molar refractivity (Wildman–Crippen MR) is 88.5 cm³/mol. The highest BCUT2D eigenvalue weighted by Crippen LogP contribution is 2.23. The van der Waals surface area contributed by atoms with Crippen molar-refractivity contribution in [3.8, 4) is 0 Å². The summed E-state index contributed by atoms with van der Waals surface area (Å²) in [7, 11) is 0. The largest absolute Gasteiger partial charge is 0.465 e. The second-order valence-electron chi connectivity index (χ2n) is 4.64. The number of nitrogens with one attached hydrogen (secondary N) is 2. The first-order valence-corrected chi connectivity index (χ1v) is 7.97. The summed E-state index contributed by atoms with van der Waals surface area (Å²) in [6.07, 6.45) is 0. The minimum atomic E-state index is -0.840. The highest BCUT2D eigenvalue weighted by molar-refractivity contribution is 8.13. The molecule has 3 amide bonds. The molecular weight excluding hydrogens is 334 g/mol. The Morgan fingerprint density at radius 1 is 1.25 bits per heavy atom. The molecule has 0 heterocycles. The summed E-state index contributed by atoms with van der Waals surface area (Å²) in [4.78, 5) is 46.7. The van der Waals surface area contributed by atoms with E-state index in [9.17, 15) is 19.2 Å². The Hall–Kier alpha value is -2.55. The van der Waals surface area contributed by atoms with Crippen molar-refractivity contribution in [1.82, 2.24) is 10.6 Å². The minimum Gasteiger partial charge on any atom is -0.465 e. The van der Waals surface area contributed by atoms with E-state index in [1.165, 1.54) is 13.0 Å². The number of carbonyl (C=O) groups is 4. The number of primary amides is 1. The number of nitrogens with two attached hydrogens (primary N) is 1. The van der Waals surface area contributed by atoms with Crippen molar-refractivity contribution in [2.75, 3.05) is 13.2 Å². The van der Waals surface area contributed by atoms with E-state index in [0.29, 0.717) is 4.90 Å². The lowest BCUT2D eigenvalue weighted by molar-refractivity contribution is -0.141. The number of rotatable bonds is 7. The fourth-order valence-electron chi connectivity index (χ4n) is 1.58. The summed E-state index contributed by atoms with van der Waals surface area (Å²) in [5.41, 5.74) is 5.33. The molecule has 1 atom stereocenters. The zero-order chi connectivity index (χ0) is 18.1. The normalized spacial score (nSPS) is 11.2. The quantitative estimate of drug-likeness (QED) is 0.488. The molecule has 0 aromatic heterocycles. The lowest BCUT2D eigenvalue weighted by Gasteiger charge is -2.12. The molecule has 24 heavy (non-hydrogen) atoms. The van der Waals surface area contributed by atoms with E-state index in [2.05, 4.69) is 10.6 Å². The van der Waals surface area contributed by atoms with Gasteiger partial charge >= 0.3 is 5.97 Å². The number of thioether (sulfide) groups is 1. The molecule has 0 radical (unpaired) electrons. The molecule has 0 saturated heterocycles. The van der Waals surface area contributed by atoms with Crippen LogP contribution in [0.2, 0.25) is 0 Å². The van der Waals surface area contributed by atoms with Gasteiger partial charge in [0.15, 0.2) is 0 Å². The molecule has 9 heteroatoms. The molecule has 0 aliphatic rings. The molecule has 130 valence electrons. The van der Waals surface area contributed by atoms with Gasteiger partial charge in [-0.2, -0.15) is 0 Å². The third-order valence-corrected chi connectivity index (χ3v) is 3.70. The Labute approximate surface area is 143 Å². The molecule has 0 bridgehead atoms. The van der Waals surface area contributed by atoms with E-state index in [4.69, 9.17) is 10.5 Å². The Bertz CT molecular complexity index is 635. The Morgan fingerprint density at radius 3 is 2.54 bits per heavy atom. The fourth-order valence-corrected chi connectivity index (χ4v) is 2.34. The summed E-state index contributed by atoms with van der Waals surface area (Å²) in [6.45, 7) is 3.09. The number of ether oxygens (including phenoxy) is 1. The van der Waals surface area contributed by atoms with Crippen molar-refractivity contribution in [2.24, 2.45) is 5.73 Å². The van der Waals surface area contributed by atoms with Crippen molar-refractivity contribution in [3.05, 3.63) is 29.8 Å². The van der Waals surface area contributed by atoms with Crippen molar-refractivity contribution in [1.29, 1.82) is 0 Å². The smallest absolute Gasteiger partial charge is 0.325 e. The van der Waals surface area contributed by atoms with Gasteiger partial charge in [-0.05, 0) is 37.7 Å². The molecule has 1 rings (SSSR count). The summed E-state index contributed by atoms with van der Waals surface area (Å²) in [5.74, 6) is -1.74. The predicted octanol–water partition coefficient (Wildman–Crippen LogP) is 0.655. The topological polar surface area (TPSA) is 128 Å². The summed E-state index contributed by atoms with van der Waals surface area (Å²) in [6, 6.07) is 5.55. The average molecular weight is 353 g/mol. The highest BCUT2D eigenvalue weighted by Gasteiger charge is 2.18. The average Bonchev–Trinajstić information content (AvgIpc) is 2.53. The minimum absolute atomic E-state index is 0.224. The molecule has 0 aliphatic heterocycles. The molecule has 0 unspecified atom stereocenters. The van der Waals surface area contributed by atoms with Crippen LogP contribution in [0.15, 0.2) is 29.2 Å². The van der Waals surface area contributed by atoms with E-state index in [1.54, 1.807) is 25.1 Å². The summed E-state index contributed by atoms with van der Waals surface area (Å²) >= 11 is 0.759. The fraction of sp³-hybridized carbons (Fsp3) is 0.333. The van der Waals surface area contributed by atoms with Gasteiger partial charge < -0.3 is 21.1 Å². The monoisotopic (exact) mass is 353 g/mol. The van der Waals surface area contributed by atoms with Crippen molar-refractivity contribution < 1.29 is 23.9 Å². The van der Waals surface area contributed by atoms with Gasteiger partial charge in [0.05, 0.1) is 12.2 Å². The third-order valence-electron chi connectivity index (χ3n) is 2.79. The standard InChI is InChI=1S/C15H19N3O5S/c1-3-23-12(19)8-17-15(22)24-11-7-5-4-6-10(11)14(21)18-9(2)13(16)20/h4-7,9H,3,8H2,1-2H3,(H2,16,20)(H,17,22)(H,18,21)/t9-/m0/s1. The third kappa shape index (κ3) is 6.29. The van der Waals surface area contributed by atoms with Crippen LogP contribution < -0.4 is 16.4 Å². The molecule has 0 aliphatic carbocycles. The molecule has 8 nitrogen and oxygen atoms in total. The van der Waals surface area contributed by atoms with Gasteiger partial charge in [-0.3, -0.25) is 19.2 Å². The Kier molecular flexibility index (Phi) is 7.76. The number of hydrogen-bond donors (Lipinski definition) is 3. The molecular formula is C15H19N3O5S. The summed E-state index contributed by atoms with van der Waals surface area (Å²) in [5, 5.41) is 4.32. The maximum atomic E-state index is 12.2. The van der Waals surface area contributed by atoms with Crippen LogP contribution in [0.5, 0.6) is 0 Å². The van der Waals surface area contributed by atoms with Crippen LogP contribution in [-0.2, 0) is 14.3 Å². The number of carbonyl (C=O) groups excluding carboxylic acids is 4. The second-order valence-corrected chi connectivity index (χ2v) is 5.66. The van der Waals surface area contributed by atoms with Gasteiger partial charge in [-0.15, -0.1) is 0 Å². The Balaban J connectivity index is 2.72. The van der Waals surface area contributed by atoms with Gasteiger partial charge in [0.1, 0.15) is 12.6 Å². The zero-order valence-electron chi connectivity index (χ0n) is 13.3. The maximum absolute atomic E-state index is 12.2. The lowest BCUT2D eigenvalue weighted by atomic mass is 10.2. The number of hydrogen-bond acceptors (Lipinski definition) is 6. The zero-order valence-corrected chi connectivity index (χ0v) is 14.1. The van der Waals surface area contributed by atoms with Crippen LogP contribution in [0, 0.1) is 0 Å². The van der Waals surface area contributed by atoms with Crippen molar-refractivity contribution in [3.63, 3.8) is 0 Å². The highest BCUT2D eigenvalue weighted by atomic mass is 32.2. The molecule has 4 N–H and O–H groups in total. The molecule has 0 spiro atoms. The van der Waals surface area contributed by atoms with Crippen LogP contribution in [0.25, 0.3) is 0 Å². The SMILES string of the molecule is CCOC(=O)CNC(=O)Sc1ccccc1C(=O)N[C@@H](C)C(N)=O. The first kappa shape index (κ1) is 19.5. The van der Waals surface area contributed by atoms with E-state index in [0.717, 1.165) is 11.8 Å². The van der Waals surface area contributed by atoms with Gasteiger partial charge in [-0.1, -0.05) is 12.1 Å². The van der Waals surface area contributed by atoms with Crippen LogP contribution in [0.4, 0.5) is 4.79 Å². The first-order chi connectivity index (χ1) is 11.3. The van der Waals surface area contributed by atoms with E-state index in [1.807, 2.05) is 0 Å². The van der Waals surface area contributed by atoms with Crippen LogP contribution in [0.1, 0.15) is 24.2 Å². The molecule has 1 aromatic carbocycles. The van der Waals surface area contributed by atoms with Gasteiger partial charge in [0.2, 0.25) is 5.91 Å². The van der Waals surface area contributed by atoms with Crippen molar-refractivity contribution in [2.45, 2.75) is 24.8 Å². The van der Waals surface area contributed by atoms with Crippen LogP contribution in [0.3, 0.4) is 0 Å². The van der Waals surface area contributed by atoms with E-state index >= 15 is 0 Å². The van der Waals surface area contributed by atoms with Crippen LogP contribution in [-0.4, -0.2) is 42.2 Å². The van der Waals surface area contributed by atoms with Gasteiger partial charge in [0.25, 0.3) is 11.1 Å².